The average molecular weight is 700 g/mol. The van der Waals surface area contributed by atoms with Gasteiger partial charge >= 0.3 is 5.97 Å². The fourth-order valence-corrected chi connectivity index (χ4v) is 5.83. The molecule has 0 aliphatic carbocycles. The van der Waals surface area contributed by atoms with Gasteiger partial charge in [-0.15, -0.1) is 22.7 Å². The second kappa shape index (κ2) is 16.2. The Balaban J connectivity index is 0.000000217. The molecule has 0 radical (unpaired) electrons. The summed E-state index contributed by atoms with van der Waals surface area (Å²) in [7, 11) is 1.27. The monoisotopic (exact) mass is 698 g/mol. The van der Waals surface area contributed by atoms with E-state index in [0.717, 1.165) is 35.8 Å². The molecular weight excluding hydrogens is 672 g/mol. The van der Waals surface area contributed by atoms with Crippen LogP contribution in [-0.4, -0.2) is 103 Å². The first-order chi connectivity index (χ1) is 18.1. The molecule has 0 spiro atoms. The standard InChI is InChI=1S/C11H12BrNO4S.C6H5BrO3S.C6H11NO2/c12-7-6-18-11(10(7)16)8(14)5-9(15)13-1-3-17-4-2-13;1-10-6(9)5-4(8)3(7)2-11-5;1-6(8)7-2-4-9-5-3-7/h6,16H,1-5H2;2,8H,1H3;2-5H2,1H3. The van der Waals surface area contributed by atoms with Gasteiger partial charge in [0.05, 0.1) is 48.9 Å². The molecule has 2 aromatic rings. The maximum absolute atomic E-state index is 11.9. The van der Waals surface area contributed by atoms with Crippen molar-refractivity contribution in [3.8, 4) is 11.5 Å². The number of amides is 2. The number of Topliss-reactive ketones (excluding diaryl/α,β-unsaturated/α-hetero) is 1. The number of nitrogens with zero attached hydrogens (tertiary/aromatic N) is 2. The van der Waals surface area contributed by atoms with Gasteiger partial charge in [-0.25, -0.2) is 4.79 Å². The number of ether oxygens (including phenoxy) is 3. The molecule has 0 saturated carbocycles. The summed E-state index contributed by atoms with van der Waals surface area (Å²) in [5.74, 6) is -1.06. The SMILES string of the molecule is CC(=O)N1CCOCC1.COC(=O)c1scc(Br)c1O.O=C(CC(=O)N1CCOCC1)c1scc(Br)c1O. The van der Waals surface area contributed by atoms with Gasteiger partial charge in [0.2, 0.25) is 11.8 Å². The van der Waals surface area contributed by atoms with Crippen LogP contribution in [0.15, 0.2) is 19.7 Å². The third kappa shape index (κ3) is 9.61. The summed E-state index contributed by atoms with van der Waals surface area (Å²) in [6, 6.07) is 0. The van der Waals surface area contributed by atoms with Crippen molar-refractivity contribution in [1.82, 2.24) is 9.80 Å². The van der Waals surface area contributed by atoms with Crippen LogP contribution < -0.4 is 0 Å². The van der Waals surface area contributed by atoms with E-state index in [0.29, 0.717) is 48.5 Å². The highest BCUT2D eigenvalue weighted by atomic mass is 79.9. The Bertz CT molecular complexity index is 1110. The summed E-state index contributed by atoms with van der Waals surface area (Å²) in [6.45, 7) is 6.55. The smallest absolute Gasteiger partial charge is 0.351 e. The predicted octanol–water partition coefficient (Wildman–Crippen LogP) is 3.52. The van der Waals surface area contributed by atoms with Gasteiger partial charge in [0, 0.05) is 43.9 Å². The molecule has 0 atom stereocenters. The first kappa shape index (κ1) is 32.2. The van der Waals surface area contributed by atoms with Crippen molar-refractivity contribution >= 4 is 78.1 Å². The molecule has 210 valence electrons. The Morgan fingerprint density at radius 3 is 1.68 bits per heavy atom. The quantitative estimate of drug-likeness (QED) is 0.279. The number of aromatic hydroxyl groups is 2. The van der Waals surface area contributed by atoms with E-state index >= 15 is 0 Å². The zero-order valence-corrected chi connectivity index (χ0v) is 25.5. The van der Waals surface area contributed by atoms with Crippen molar-refractivity contribution in [2.75, 3.05) is 59.7 Å². The van der Waals surface area contributed by atoms with Crippen LogP contribution in [0.5, 0.6) is 11.5 Å². The molecule has 2 fully saturated rings. The number of esters is 1. The molecule has 4 heterocycles. The fraction of sp³-hybridized carbons (Fsp3) is 0.478. The Morgan fingerprint density at radius 1 is 0.868 bits per heavy atom. The van der Waals surface area contributed by atoms with Crippen LogP contribution in [0.1, 0.15) is 32.7 Å². The van der Waals surface area contributed by atoms with E-state index in [1.807, 2.05) is 0 Å². The molecule has 11 nitrogen and oxygen atoms in total. The number of rotatable bonds is 4. The largest absolute Gasteiger partial charge is 0.505 e. The highest BCUT2D eigenvalue weighted by Gasteiger charge is 2.23. The van der Waals surface area contributed by atoms with Crippen LogP contribution >= 0.6 is 54.5 Å². The number of ketones is 1. The third-order valence-corrected chi connectivity index (χ3v) is 8.97. The zero-order valence-electron chi connectivity index (χ0n) is 20.7. The number of hydrogen-bond acceptors (Lipinski definition) is 11. The Kier molecular flexibility index (Phi) is 13.7. The Morgan fingerprint density at radius 2 is 1.32 bits per heavy atom. The highest BCUT2D eigenvalue weighted by Crippen LogP contribution is 2.35. The summed E-state index contributed by atoms with van der Waals surface area (Å²) in [4.78, 5) is 49.1. The summed E-state index contributed by atoms with van der Waals surface area (Å²) in [5.41, 5.74) is 0. The van der Waals surface area contributed by atoms with Crippen LogP contribution in [0.25, 0.3) is 0 Å². The lowest BCUT2D eigenvalue weighted by Gasteiger charge is -2.26. The number of carbonyl (C=O) groups is 4. The van der Waals surface area contributed by atoms with E-state index in [2.05, 4.69) is 36.6 Å². The fourth-order valence-electron chi connectivity index (χ4n) is 3.12. The van der Waals surface area contributed by atoms with E-state index in [1.165, 1.54) is 7.11 Å². The number of morpholine rings is 2. The summed E-state index contributed by atoms with van der Waals surface area (Å²) in [6.07, 6.45) is -0.208. The molecule has 0 aromatic carbocycles. The zero-order chi connectivity index (χ0) is 28.2. The number of methoxy groups -OCH3 is 1. The molecule has 2 aliphatic rings. The molecule has 2 amide bonds. The van der Waals surface area contributed by atoms with Gasteiger partial charge in [0.1, 0.15) is 4.88 Å². The molecular formula is C23H28Br2N2O9S2. The lowest BCUT2D eigenvalue weighted by atomic mass is 10.2. The third-order valence-electron chi connectivity index (χ3n) is 5.20. The molecule has 15 heteroatoms. The van der Waals surface area contributed by atoms with E-state index in [-0.39, 0.29) is 45.3 Å². The van der Waals surface area contributed by atoms with Crippen molar-refractivity contribution < 1.29 is 43.6 Å². The number of halogens is 2. The van der Waals surface area contributed by atoms with E-state index in [4.69, 9.17) is 9.47 Å². The average Bonchev–Trinajstić information content (AvgIpc) is 3.45. The maximum atomic E-state index is 11.9. The molecule has 38 heavy (non-hydrogen) atoms. The van der Waals surface area contributed by atoms with Gasteiger partial charge in [-0.3, -0.25) is 14.4 Å². The predicted molar refractivity (Wildman–Crippen MR) is 148 cm³/mol. The van der Waals surface area contributed by atoms with E-state index < -0.39 is 5.97 Å². The lowest BCUT2D eigenvalue weighted by molar-refractivity contribution is -0.134. The van der Waals surface area contributed by atoms with Crippen LogP contribution in [0, 0.1) is 0 Å². The topological polar surface area (TPSA) is 143 Å². The van der Waals surface area contributed by atoms with Gasteiger partial charge < -0.3 is 34.2 Å². The van der Waals surface area contributed by atoms with Crippen LogP contribution in [-0.2, 0) is 23.8 Å². The summed E-state index contributed by atoms with van der Waals surface area (Å²) >= 11 is 8.46. The van der Waals surface area contributed by atoms with E-state index in [9.17, 15) is 29.4 Å². The number of carbonyl (C=O) groups excluding carboxylic acids is 4. The van der Waals surface area contributed by atoms with Crippen LogP contribution in [0.2, 0.25) is 0 Å². The van der Waals surface area contributed by atoms with Gasteiger partial charge in [0.15, 0.2) is 22.2 Å². The molecule has 2 saturated heterocycles. The normalized spacial score (nSPS) is 14.9. The minimum atomic E-state index is -0.516. The van der Waals surface area contributed by atoms with Gasteiger partial charge in [0.25, 0.3) is 0 Å². The molecule has 0 bridgehead atoms. The first-order valence-corrected chi connectivity index (χ1v) is 14.6. The highest BCUT2D eigenvalue weighted by molar-refractivity contribution is 9.11. The molecule has 0 unspecified atom stereocenters. The van der Waals surface area contributed by atoms with Crippen molar-refractivity contribution in [2.45, 2.75) is 13.3 Å². The summed E-state index contributed by atoms with van der Waals surface area (Å²) in [5, 5.41) is 22.1. The molecule has 2 aliphatic heterocycles. The van der Waals surface area contributed by atoms with Crippen molar-refractivity contribution in [2.24, 2.45) is 0 Å². The van der Waals surface area contributed by atoms with Crippen molar-refractivity contribution in [3.63, 3.8) is 0 Å². The molecule has 4 rings (SSSR count). The number of thiophene rings is 2. The summed E-state index contributed by atoms with van der Waals surface area (Å²) < 4.78 is 15.6. The van der Waals surface area contributed by atoms with Gasteiger partial charge in [-0.05, 0) is 31.9 Å². The van der Waals surface area contributed by atoms with Crippen molar-refractivity contribution in [1.29, 1.82) is 0 Å². The van der Waals surface area contributed by atoms with Gasteiger partial charge in [-0.2, -0.15) is 0 Å². The first-order valence-electron chi connectivity index (χ1n) is 11.3. The molecule has 2 N–H and O–H groups in total. The maximum Gasteiger partial charge on any atom is 0.351 e. The van der Waals surface area contributed by atoms with Crippen LogP contribution in [0.4, 0.5) is 0 Å². The molecule has 2 aromatic heterocycles. The van der Waals surface area contributed by atoms with Gasteiger partial charge in [-0.1, -0.05) is 0 Å². The van der Waals surface area contributed by atoms with Crippen LogP contribution in [0.3, 0.4) is 0 Å². The van der Waals surface area contributed by atoms with E-state index in [1.54, 1.807) is 27.5 Å². The minimum absolute atomic E-state index is 0.0538. The Labute approximate surface area is 244 Å². The second-order valence-electron chi connectivity index (χ2n) is 7.73. The second-order valence-corrected chi connectivity index (χ2v) is 11.2. The van der Waals surface area contributed by atoms with Crippen molar-refractivity contribution in [3.05, 3.63) is 29.5 Å². The minimum Gasteiger partial charge on any atom is -0.505 e. The Hall–Kier alpha value is -2.04. The lowest BCUT2D eigenvalue weighted by Crippen LogP contribution is -2.41. The number of hydrogen-bond donors (Lipinski definition) is 2.